The summed E-state index contributed by atoms with van der Waals surface area (Å²) < 4.78 is 1.57. The number of nitrogens with zero attached hydrogens (tertiary/aromatic N) is 4. The van der Waals surface area contributed by atoms with Gasteiger partial charge in [-0.15, -0.1) is 0 Å². The lowest BCUT2D eigenvalue weighted by Crippen LogP contribution is -2.03. The maximum absolute atomic E-state index is 5.96. The van der Waals surface area contributed by atoms with Crippen molar-refractivity contribution in [3.63, 3.8) is 0 Å². The lowest BCUT2D eigenvalue weighted by Gasteiger charge is -2.13. The minimum Gasteiger partial charge on any atom is -0.374 e. The molecule has 0 aliphatic heterocycles. The molecule has 2 aromatic carbocycles. The predicted octanol–water partition coefficient (Wildman–Crippen LogP) is 5.00. The van der Waals surface area contributed by atoms with Crippen LogP contribution >= 0.6 is 0 Å². The van der Waals surface area contributed by atoms with Crippen LogP contribution in [-0.2, 0) is 0 Å². The molecule has 0 N–H and O–H groups in total. The van der Waals surface area contributed by atoms with Gasteiger partial charge in [0.15, 0.2) is 5.75 Å². The van der Waals surface area contributed by atoms with Crippen molar-refractivity contribution in [2.24, 2.45) is 0 Å². The van der Waals surface area contributed by atoms with E-state index in [0.717, 1.165) is 33.4 Å². The van der Waals surface area contributed by atoms with Crippen molar-refractivity contribution in [3.05, 3.63) is 97.7 Å². The van der Waals surface area contributed by atoms with Gasteiger partial charge in [-0.1, -0.05) is 36.4 Å². The van der Waals surface area contributed by atoms with E-state index in [0.29, 0.717) is 5.75 Å². The molecule has 3 aromatic heterocycles. The van der Waals surface area contributed by atoms with Gasteiger partial charge in [-0.05, 0) is 36.4 Å². The minimum atomic E-state index is 0.704. The first kappa shape index (κ1) is 16.2. The zero-order valence-electron chi connectivity index (χ0n) is 14.9. The second-order valence-electron chi connectivity index (χ2n) is 6.30. The zero-order chi connectivity index (χ0) is 18.8. The molecule has 5 rings (SSSR count). The molecule has 0 saturated carbocycles. The Bertz CT molecular complexity index is 1230. The third kappa shape index (κ3) is 2.99. The molecule has 5 heteroatoms. The number of benzene rings is 2. The van der Waals surface area contributed by atoms with E-state index in [1.54, 1.807) is 29.6 Å². The average Bonchev–Trinajstić information content (AvgIpc) is 3.27. The average molecular weight is 364 g/mol. The van der Waals surface area contributed by atoms with Crippen molar-refractivity contribution in [2.45, 2.75) is 0 Å². The fourth-order valence-corrected chi connectivity index (χ4v) is 3.22. The Labute approximate surface area is 161 Å². The molecule has 134 valence electrons. The highest BCUT2D eigenvalue weighted by molar-refractivity contribution is 5.96. The molecule has 0 aliphatic carbocycles. The quantitative estimate of drug-likeness (QED) is 0.450. The van der Waals surface area contributed by atoms with Crippen LogP contribution in [0.3, 0.4) is 0 Å². The summed E-state index contributed by atoms with van der Waals surface area (Å²) in [6, 6.07) is 24.0. The van der Waals surface area contributed by atoms with Gasteiger partial charge < -0.3 is 4.84 Å². The summed E-state index contributed by atoms with van der Waals surface area (Å²) >= 11 is 0. The number of fused-ring (bicyclic) bond motifs is 1. The van der Waals surface area contributed by atoms with Crippen LogP contribution in [0.1, 0.15) is 0 Å². The standard InChI is InChI=1S/C23H16N4O/c1-3-10-21-17(7-1)19(20-9-5-6-12-25-20)15-22(26-21)18-8-2-4-11-23(18)28-27-14-13-24-16-27/h1-16H. The number of hydrogen-bond donors (Lipinski definition) is 0. The first-order chi connectivity index (χ1) is 13.9. The van der Waals surface area contributed by atoms with E-state index in [4.69, 9.17) is 9.82 Å². The van der Waals surface area contributed by atoms with Gasteiger partial charge in [0.2, 0.25) is 0 Å². The van der Waals surface area contributed by atoms with Crippen LogP contribution in [0.25, 0.3) is 33.4 Å². The number of para-hydroxylation sites is 2. The minimum absolute atomic E-state index is 0.704. The Morgan fingerprint density at radius 3 is 2.46 bits per heavy atom. The fourth-order valence-electron chi connectivity index (χ4n) is 3.22. The van der Waals surface area contributed by atoms with Crippen molar-refractivity contribution in [2.75, 3.05) is 0 Å². The first-order valence-electron chi connectivity index (χ1n) is 8.95. The Morgan fingerprint density at radius 2 is 1.61 bits per heavy atom. The summed E-state index contributed by atoms with van der Waals surface area (Å²) in [7, 11) is 0. The van der Waals surface area contributed by atoms with E-state index in [1.165, 1.54) is 0 Å². The van der Waals surface area contributed by atoms with Crippen LogP contribution in [0, 0.1) is 0 Å². The molecule has 0 saturated heterocycles. The maximum atomic E-state index is 5.96. The highest BCUT2D eigenvalue weighted by Gasteiger charge is 2.13. The van der Waals surface area contributed by atoms with E-state index in [9.17, 15) is 0 Å². The monoisotopic (exact) mass is 364 g/mol. The van der Waals surface area contributed by atoms with Crippen LogP contribution in [0.4, 0.5) is 0 Å². The number of hydrogen-bond acceptors (Lipinski definition) is 4. The van der Waals surface area contributed by atoms with Crippen LogP contribution in [0.5, 0.6) is 5.75 Å². The van der Waals surface area contributed by atoms with E-state index in [-0.39, 0.29) is 0 Å². The van der Waals surface area contributed by atoms with Crippen LogP contribution < -0.4 is 4.84 Å². The van der Waals surface area contributed by atoms with Crippen LogP contribution in [-0.4, -0.2) is 19.7 Å². The Kier molecular flexibility index (Phi) is 4.03. The van der Waals surface area contributed by atoms with Gasteiger partial charge in [-0.2, -0.15) is 4.73 Å². The third-order valence-corrected chi connectivity index (χ3v) is 4.50. The molecule has 0 amide bonds. The van der Waals surface area contributed by atoms with Gasteiger partial charge in [0, 0.05) is 28.9 Å². The van der Waals surface area contributed by atoms with E-state index >= 15 is 0 Å². The summed E-state index contributed by atoms with van der Waals surface area (Å²) in [4.78, 5) is 19.4. The molecular formula is C23H16N4O. The van der Waals surface area contributed by atoms with Crippen molar-refractivity contribution < 1.29 is 4.84 Å². The molecule has 0 bridgehead atoms. The number of rotatable bonds is 4. The van der Waals surface area contributed by atoms with Gasteiger partial charge in [-0.3, -0.25) is 4.98 Å². The van der Waals surface area contributed by atoms with Gasteiger partial charge in [0.1, 0.15) is 6.33 Å². The zero-order valence-corrected chi connectivity index (χ0v) is 14.9. The van der Waals surface area contributed by atoms with Crippen LogP contribution in [0.2, 0.25) is 0 Å². The molecule has 0 aliphatic rings. The normalized spacial score (nSPS) is 10.9. The highest BCUT2D eigenvalue weighted by Crippen LogP contribution is 2.34. The molecule has 0 fully saturated rings. The van der Waals surface area contributed by atoms with E-state index in [1.807, 2.05) is 60.7 Å². The molecule has 5 aromatic rings. The van der Waals surface area contributed by atoms with E-state index in [2.05, 4.69) is 22.1 Å². The lowest BCUT2D eigenvalue weighted by atomic mass is 10.0. The number of aromatic nitrogens is 4. The van der Waals surface area contributed by atoms with Crippen LogP contribution in [0.15, 0.2) is 97.7 Å². The lowest BCUT2D eigenvalue weighted by molar-refractivity contribution is 0.216. The highest BCUT2D eigenvalue weighted by atomic mass is 16.7. The largest absolute Gasteiger partial charge is 0.374 e. The molecule has 0 spiro atoms. The number of pyridine rings is 2. The van der Waals surface area contributed by atoms with Crippen molar-refractivity contribution in [3.8, 4) is 28.3 Å². The van der Waals surface area contributed by atoms with Gasteiger partial charge in [0.05, 0.1) is 23.1 Å². The van der Waals surface area contributed by atoms with Gasteiger partial charge in [0.25, 0.3) is 0 Å². The summed E-state index contributed by atoms with van der Waals surface area (Å²) in [5.41, 5.74) is 4.60. The Balaban J connectivity index is 1.71. The smallest absolute Gasteiger partial charge is 0.165 e. The second-order valence-corrected chi connectivity index (χ2v) is 6.30. The van der Waals surface area contributed by atoms with Crippen molar-refractivity contribution in [1.82, 2.24) is 19.7 Å². The maximum Gasteiger partial charge on any atom is 0.165 e. The third-order valence-electron chi connectivity index (χ3n) is 4.50. The topological polar surface area (TPSA) is 52.8 Å². The predicted molar refractivity (Wildman–Crippen MR) is 109 cm³/mol. The molecule has 3 heterocycles. The molecule has 0 atom stereocenters. The van der Waals surface area contributed by atoms with Gasteiger partial charge >= 0.3 is 0 Å². The molecule has 0 unspecified atom stereocenters. The second kappa shape index (κ2) is 6.96. The molecule has 28 heavy (non-hydrogen) atoms. The van der Waals surface area contributed by atoms with Gasteiger partial charge in [-0.25, -0.2) is 9.97 Å². The van der Waals surface area contributed by atoms with Crippen molar-refractivity contribution >= 4 is 10.9 Å². The fraction of sp³-hybridized carbons (Fsp3) is 0. The molecular weight excluding hydrogens is 348 g/mol. The molecule has 5 nitrogen and oxygen atoms in total. The summed E-state index contributed by atoms with van der Waals surface area (Å²) in [6.45, 7) is 0. The first-order valence-corrected chi connectivity index (χ1v) is 8.95. The molecule has 0 radical (unpaired) electrons. The van der Waals surface area contributed by atoms with E-state index < -0.39 is 0 Å². The Morgan fingerprint density at radius 1 is 0.750 bits per heavy atom. The van der Waals surface area contributed by atoms with Crippen molar-refractivity contribution in [1.29, 1.82) is 0 Å². The Hall–Kier alpha value is -3.99. The summed E-state index contributed by atoms with van der Waals surface area (Å²) in [5, 5.41) is 1.07. The number of imidazole rings is 1. The summed E-state index contributed by atoms with van der Waals surface area (Å²) in [5.74, 6) is 0.704. The summed E-state index contributed by atoms with van der Waals surface area (Å²) in [6.07, 6.45) is 6.85. The SMILES string of the molecule is c1ccc(-c2cc(-c3ccccc3On3ccnc3)nc3ccccc23)nc1.